The monoisotopic (exact) mass is 146 g/mol. The Labute approximate surface area is 60.8 Å². The van der Waals surface area contributed by atoms with Crippen molar-refractivity contribution < 1.29 is 5.11 Å². The highest BCUT2D eigenvalue weighted by molar-refractivity contribution is 7.99. The summed E-state index contributed by atoms with van der Waals surface area (Å²) in [7, 11) is 0. The van der Waals surface area contributed by atoms with Crippen molar-refractivity contribution >= 4 is 11.8 Å². The third kappa shape index (κ3) is 1.87. The molecule has 0 aromatic carbocycles. The quantitative estimate of drug-likeness (QED) is 0.639. The van der Waals surface area contributed by atoms with E-state index in [1.807, 2.05) is 11.8 Å². The average Bonchev–Trinajstić information content (AvgIpc) is 2.18. The van der Waals surface area contributed by atoms with Crippen LogP contribution in [0, 0.1) is 0 Å². The first-order valence-electron chi connectivity index (χ1n) is 3.64. The zero-order chi connectivity index (χ0) is 6.69. The minimum Gasteiger partial charge on any atom is -0.392 e. The molecule has 2 atom stereocenters. The van der Waals surface area contributed by atoms with Gasteiger partial charge in [-0.05, 0) is 25.0 Å². The van der Waals surface area contributed by atoms with Crippen molar-refractivity contribution in [3.05, 3.63) is 0 Å². The van der Waals surface area contributed by atoms with Crippen molar-refractivity contribution in [2.45, 2.75) is 37.5 Å². The molecule has 1 aliphatic rings. The van der Waals surface area contributed by atoms with Crippen LogP contribution in [0.4, 0.5) is 0 Å². The van der Waals surface area contributed by atoms with Gasteiger partial charge < -0.3 is 5.11 Å². The Morgan fingerprint density at radius 3 is 2.78 bits per heavy atom. The molecule has 0 bridgehead atoms. The molecule has 0 aromatic rings. The minimum atomic E-state index is -0.00468. The summed E-state index contributed by atoms with van der Waals surface area (Å²) < 4.78 is 0. The molecule has 9 heavy (non-hydrogen) atoms. The van der Waals surface area contributed by atoms with Gasteiger partial charge in [0.2, 0.25) is 0 Å². The standard InChI is InChI=1S/C7H14OS/c1-2-9-7-5-3-4-6(7)8/h6-8H,2-5H2,1H3/t6-,7-/m1/s1. The normalized spacial score (nSPS) is 35.3. The van der Waals surface area contributed by atoms with Crippen LogP contribution < -0.4 is 0 Å². The first kappa shape index (κ1) is 7.42. The molecular weight excluding hydrogens is 132 g/mol. The highest BCUT2D eigenvalue weighted by Gasteiger charge is 2.24. The van der Waals surface area contributed by atoms with Crippen molar-refractivity contribution in [1.82, 2.24) is 0 Å². The van der Waals surface area contributed by atoms with Crippen LogP contribution in [0.2, 0.25) is 0 Å². The van der Waals surface area contributed by atoms with E-state index in [0.717, 1.165) is 12.2 Å². The summed E-state index contributed by atoms with van der Waals surface area (Å²) in [4.78, 5) is 0. The van der Waals surface area contributed by atoms with Crippen molar-refractivity contribution in [3.63, 3.8) is 0 Å². The number of hydrogen-bond donors (Lipinski definition) is 1. The van der Waals surface area contributed by atoms with E-state index in [4.69, 9.17) is 0 Å². The van der Waals surface area contributed by atoms with Crippen molar-refractivity contribution in [1.29, 1.82) is 0 Å². The maximum Gasteiger partial charge on any atom is 0.0658 e. The van der Waals surface area contributed by atoms with Crippen LogP contribution in [0.3, 0.4) is 0 Å². The highest BCUT2D eigenvalue weighted by atomic mass is 32.2. The molecule has 0 amide bonds. The molecule has 1 saturated carbocycles. The summed E-state index contributed by atoms with van der Waals surface area (Å²) in [5.74, 6) is 1.14. The van der Waals surface area contributed by atoms with Crippen LogP contribution in [0.25, 0.3) is 0 Å². The second-order valence-corrected chi connectivity index (χ2v) is 4.01. The fourth-order valence-electron chi connectivity index (χ4n) is 1.31. The fourth-order valence-corrected chi connectivity index (χ4v) is 2.43. The summed E-state index contributed by atoms with van der Waals surface area (Å²) in [6, 6.07) is 0. The molecule has 1 N–H and O–H groups in total. The van der Waals surface area contributed by atoms with Crippen LogP contribution in [0.1, 0.15) is 26.2 Å². The van der Waals surface area contributed by atoms with E-state index in [1.54, 1.807) is 0 Å². The van der Waals surface area contributed by atoms with Crippen LogP contribution in [-0.2, 0) is 0 Å². The largest absolute Gasteiger partial charge is 0.392 e. The SMILES string of the molecule is CCS[C@@H]1CCC[C@H]1O. The molecule has 0 aromatic heterocycles. The maximum absolute atomic E-state index is 9.30. The number of aliphatic hydroxyl groups is 1. The Morgan fingerprint density at radius 1 is 1.56 bits per heavy atom. The van der Waals surface area contributed by atoms with E-state index in [1.165, 1.54) is 12.8 Å². The number of rotatable bonds is 2. The number of hydrogen-bond acceptors (Lipinski definition) is 2. The molecule has 0 spiro atoms. The molecule has 1 nitrogen and oxygen atoms in total. The molecule has 1 rings (SSSR count). The lowest BCUT2D eigenvalue weighted by atomic mass is 10.3. The van der Waals surface area contributed by atoms with E-state index < -0.39 is 0 Å². The Kier molecular flexibility index (Phi) is 2.86. The Balaban J connectivity index is 2.22. The third-order valence-electron chi connectivity index (χ3n) is 1.80. The lowest BCUT2D eigenvalue weighted by Crippen LogP contribution is -2.15. The summed E-state index contributed by atoms with van der Waals surface area (Å²) in [6.07, 6.45) is 3.46. The van der Waals surface area contributed by atoms with Gasteiger partial charge in [0.05, 0.1) is 6.10 Å². The molecule has 1 fully saturated rings. The van der Waals surface area contributed by atoms with E-state index in [9.17, 15) is 5.11 Å². The zero-order valence-corrected chi connectivity index (χ0v) is 6.66. The van der Waals surface area contributed by atoms with Gasteiger partial charge in [-0.3, -0.25) is 0 Å². The van der Waals surface area contributed by atoms with Gasteiger partial charge in [0.1, 0.15) is 0 Å². The van der Waals surface area contributed by atoms with Crippen LogP contribution in [0.15, 0.2) is 0 Å². The van der Waals surface area contributed by atoms with Crippen LogP contribution in [-0.4, -0.2) is 22.2 Å². The van der Waals surface area contributed by atoms with E-state index in [0.29, 0.717) is 5.25 Å². The predicted octanol–water partition coefficient (Wildman–Crippen LogP) is 1.65. The number of aliphatic hydroxyl groups excluding tert-OH is 1. The van der Waals surface area contributed by atoms with Gasteiger partial charge in [0.15, 0.2) is 0 Å². The van der Waals surface area contributed by atoms with Gasteiger partial charge in [-0.1, -0.05) is 6.92 Å². The zero-order valence-electron chi connectivity index (χ0n) is 5.84. The second kappa shape index (κ2) is 3.47. The molecule has 0 radical (unpaired) electrons. The first-order valence-corrected chi connectivity index (χ1v) is 4.69. The van der Waals surface area contributed by atoms with Crippen LogP contribution >= 0.6 is 11.8 Å². The summed E-state index contributed by atoms with van der Waals surface area (Å²) in [5, 5.41) is 9.85. The van der Waals surface area contributed by atoms with E-state index in [2.05, 4.69) is 6.92 Å². The minimum absolute atomic E-state index is 0.00468. The summed E-state index contributed by atoms with van der Waals surface area (Å²) >= 11 is 1.90. The highest BCUT2D eigenvalue weighted by Crippen LogP contribution is 2.29. The maximum atomic E-state index is 9.30. The van der Waals surface area contributed by atoms with Gasteiger partial charge in [-0.2, -0.15) is 11.8 Å². The lowest BCUT2D eigenvalue weighted by molar-refractivity contribution is 0.188. The fraction of sp³-hybridized carbons (Fsp3) is 1.00. The number of thioether (sulfide) groups is 1. The van der Waals surface area contributed by atoms with Gasteiger partial charge in [-0.25, -0.2) is 0 Å². The van der Waals surface area contributed by atoms with Gasteiger partial charge in [0, 0.05) is 5.25 Å². The topological polar surface area (TPSA) is 20.2 Å². The Hall–Kier alpha value is 0.310. The van der Waals surface area contributed by atoms with Gasteiger partial charge in [-0.15, -0.1) is 0 Å². The average molecular weight is 146 g/mol. The molecule has 0 aliphatic heterocycles. The predicted molar refractivity (Wildman–Crippen MR) is 41.8 cm³/mol. The molecule has 0 saturated heterocycles. The molecule has 0 unspecified atom stereocenters. The summed E-state index contributed by atoms with van der Waals surface area (Å²) in [6.45, 7) is 2.15. The Morgan fingerprint density at radius 2 is 2.33 bits per heavy atom. The Bertz CT molecular complexity index is 85.0. The molecule has 1 aliphatic carbocycles. The summed E-state index contributed by atoms with van der Waals surface area (Å²) in [5.41, 5.74) is 0. The molecule has 2 heteroatoms. The first-order chi connectivity index (χ1) is 4.34. The third-order valence-corrected chi connectivity index (χ3v) is 3.11. The second-order valence-electron chi connectivity index (χ2n) is 2.49. The van der Waals surface area contributed by atoms with Crippen molar-refractivity contribution in [2.24, 2.45) is 0 Å². The lowest BCUT2D eigenvalue weighted by Gasteiger charge is -2.11. The van der Waals surface area contributed by atoms with Crippen LogP contribution in [0.5, 0.6) is 0 Å². The van der Waals surface area contributed by atoms with Gasteiger partial charge >= 0.3 is 0 Å². The van der Waals surface area contributed by atoms with E-state index in [-0.39, 0.29) is 6.10 Å². The molecular formula is C7H14OS. The molecule has 54 valence electrons. The van der Waals surface area contributed by atoms with Crippen molar-refractivity contribution in [2.75, 3.05) is 5.75 Å². The van der Waals surface area contributed by atoms with Crippen molar-refractivity contribution in [3.8, 4) is 0 Å². The molecule has 0 heterocycles. The van der Waals surface area contributed by atoms with E-state index >= 15 is 0 Å². The smallest absolute Gasteiger partial charge is 0.0658 e. The van der Waals surface area contributed by atoms with Gasteiger partial charge in [0.25, 0.3) is 0 Å².